The van der Waals surface area contributed by atoms with E-state index in [2.05, 4.69) is 39.7 Å². The van der Waals surface area contributed by atoms with Crippen LogP contribution in [-0.4, -0.2) is 38.8 Å². The number of aromatic nitrogens is 3. The molecule has 1 atom stereocenters. The summed E-state index contributed by atoms with van der Waals surface area (Å²) in [5.74, 6) is 1.73. The molecule has 25 heavy (non-hydrogen) atoms. The molecule has 1 aliphatic heterocycles. The third kappa shape index (κ3) is 4.18. The first-order chi connectivity index (χ1) is 12.0. The predicted octanol–water partition coefficient (Wildman–Crippen LogP) is 3.97. The van der Waals surface area contributed by atoms with Crippen LogP contribution in [-0.2, 0) is 0 Å². The second-order valence-electron chi connectivity index (χ2n) is 6.98. The van der Waals surface area contributed by atoms with Crippen LogP contribution in [0.2, 0.25) is 0 Å². The van der Waals surface area contributed by atoms with Crippen molar-refractivity contribution in [3.05, 3.63) is 41.7 Å². The third-order valence-corrected chi connectivity index (χ3v) is 4.80. The highest BCUT2D eigenvalue weighted by Gasteiger charge is 2.22. The van der Waals surface area contributed by atoms with Gasteiger partial charge < -0.3 is 4.90 Å². The summed E-state index contributed by atoms with van der Waals surface area (Å²) in [5.41, 5.74) is 1.37. The van der Waals surface area contributed by atoms with Crippen LogP contribution in [0.4, 0.5) is 10.7 Å². The largest absolute Gasteiger partial charge is 0.324 e. The quantitative estimate of drug-likeness (QED) is 0.919. The van der Waals surface area contributed by atoms with E-state index in [1.807, 2.05) is 36.4 Å². The summed E-state index contributed by atoms with van der Waals surface area (Å²) >= 11 is 0. The van der Waals surface area contributed by atoms with Crippen molar-refractivity contribution in [2.45, 2.75) is 52.0 Å². The molecular formula is C19H27N5O. The Hall–Kier alpha value is -2.37. The minimum atomic E-state index is -0.102. The number of amides is 2. The number of nitrogens with zero attached hydrogens (tertiary/aromatic N) is 4. The number of hydrogen-bond acceptors (Lipinski definition) is 3. The first kappa shape index (κ1) is 17.5. The average molecular weight is 341 g/mol. The molecular weight excluding hydrogens is 314 g/mol. The van der Waals surface area contributed by atoms with Crippen LogP contribution in [0.3, 0.4) is 0 Å². The second kappa shape index (κ2) is 7.68. The van der Waals surface area contributed by atoms with Crippen LogP contribution in [0.5, 0.6) is 0 Å². The van der Waals surface area contributed by atoms with Gasteiger partial charge in [0.05, 0.1) is 0 Å². The minimum Gasteiger partial charge on any atom is -0.324 e. The minimum absolute atomic E-state index is 0.102. The summed E-state index contributed by atoms with van der Waals surface area (Å²) in [5, 5.41) is 7.23. The molecule has 3 rings (SSSR count). The molecule has 0 bridgehead atoms. The number of carbonyl (C=O) groups is 1. The highest BCUT2D eigenvalue weighted by molar-refractivity contribution is 5.87. The molecule has 2 heterocycles. The van der Waals surface area contributed by atoms with Crippen molar-refractivity contribution in [2.24, 2.45) is 0 Å². The number of carbonyl (C=O) groups excluding carboxylic acids is 1. The molecule has 2 aromatic rings. The van der Waals surface area contributed by atoms with Gasteiger partial charge in [-0.25, -0.2) is 9.48 Å². The topological polar surface area (TPSA) is 63.1 Å². The van der Waals surface area contributed by atoms with Crippen molar-refractivity contribution >= 4 is 12.0 Å². The maximum atomic E-state index is 12.6. The zero-order chi connectivity index (χ0) is 17.8. The van der Waals surface area contributed by atoms with Crippen LogP contribution in [0.25, 0.3) is 0 Å². The summed E-state index contributed by atoms with van der Waals surface area (Å²) in [6.07, 6.45) is 3.12. The van der Waals surface area contributed by atoms with Gasteiger partial charge in [0.15, 0.2) is 0 Å². The van der Waals surface area contributed by atoms with Gasteiger partial charge in [-0.2, -0.15) is 4.98 Å². The molecule has 2 amide bonds. The summed E-state index contributed by atoms with van der Waals surface area (Å²) in [4.78, 5) is 18.8. The summed E-state index contributed by atoms with van der Waals surface area (Å²) < 4.78 is 1.82. The molecule has 0 radical (unpaired) electrons. The molecule has 1 saturated heterocycles. The average Bonchev–Trinajstić information content (AvgIpc) is 2.82. The number of urea groups is 1. The predicted molar refractivity (Wildman–Crippen MR) is 98.8 cm³/mol. The third-order valence-electron chi connectivity index (χ3n) is 4.80. The zero-order valence-electron chi connectivity index (χ0n) is 15.3. The van der Waals surface area contributed by atoms with Crippen molar-refractivity contribution in [2.75, 3.05) is 18.4 Å². The number of nitrogens with one attached hydrogen (secondary N) is 1. The zero-order valence-corrected chi connectivity index (χ0v) is 15.3. The molecule has 6 heteroatoms. The van der Waals surface area contributed by atoms with E-state index in [0.717, 1.165) is 38.2 Å². The number of likely N-dealkylation sites (tertiary alicyclic amines) is 1. The first-order valence-corrected chi connectivity index (χ1v) is 9.08. The Morgan fingerprint density at radius 2 is 1.96 bits per heavy atom. The summed E-state index contributed by atoms with van der Waals surface area (Å²) in [6, 6.07) is 10.7. The fraction of sp³-hybridized carbons (Fsp3) is 0.526. The Kier molecular flexibility index (Phi) is 5.36. The van der Waals surface area contributed by atoms with Gasteiger partial charge in [-0.3, -0.25) is 5.32 Å². The standard InChI is InChI=1S/C19H27N5O/c1-14(2)24-15(3)20-18(22-24)21-19(25)23-12-7-10-17(11-13-23)16-8-5-4-6-9-16/h4-6,8-9,14,17H,7,10-13H2,1-3H3,(H,21,22,25)/t17-/m1/s1. The van der Waals surface area contributed by atoms with Crippen LogP contribution in [0.1, 0.15) is 56.5 Å². The molecule has 6 nitrogen and oxygen atoms in total. The van der Waals surface area contributed by atoms with Gasteiger partial charge in [0.2, 0.25) is 5.95 Å². The highest BCUT2D eigenvalue weighted by Crippen LogP contribution is 2.28. The molecule has 0 spiro atoms. The molecule has 0 saturated carbocycles. The maximum Gasteiger partial charge on any atom is 0.324 e. The smallest absolute Gasteiger partial charge is 0.324 e. The van der Waals surface area contributed by atoms with E-state index in [-0.39, 0.29) is 12.1 Å². The molecule has 0 unspecified atom stereocenters. The monoisotopic (exact) mass is 341 g/mol. The van der Waals surface area contributed by atoms with Gasteiger partial charge in [-0.05, 0) is 51.5 Å². The second-order valence-corrected chi connectivity index (χ2v) is 6.98. The van der Waals surface area contributed by atoms with E-state index in [0.29, 0.717) is 11.9 Å². The number of aryl methyl sites for hydroxylation is 1. The van der Waals surface area contributed by atoms with Crippen LogP contribution in [0, 0.1) is 6.92 Å². The Morgan fingerprint density at radius 3 is 2.64 bits per heavy atom. The lowest BCUT2D eigenvalue weighted by Crippen LogP contribution is -2.36. The lowest BCUT2D eigenvalue weighted by Gasteiger charge is -2.20. The van der Waals surface area contributed by atoms with Crippen LogP contribution in [0.15, 0.2) is 30.3 Å². The summed E-state index contributed by atoms with van der Waals surface area (Å²) in [6.45, 7) is 7.53. The molecule has 1 N–H and O–H groups in total. The van der Waals surface area contributed by atoms with Crippen LogP contribution < -0.4 is 5.32 Å². The van der Waals surface area contributed by atoms with Gasteiger partial charge in [0.25, 0.3) is 0 Å². The number of hydrogen-bond donors (Lipinski definition) is 1. The van der Waals surface area contributed by atoms with Crippen LogP contribution >= 0.6 is 0 Å². The van der Waals surface area contributed by atoms with Crippen molar-refractivity contribution < 1.29 is 4.79 Å². The van der Waals surface area contributed by atoms with Crippen molar-refractivity contribution in [1.29, 1.82) is 0 Å². The fourth-order valence-electron chi connectivity index (χ4n) is 3.48. The summed E-state index contributed by atoms with van der Waals surface area (Å²) in [7, 11) is 0. The van der Waals surface area contributed by atoms with E-state index in [9.17, 15) is 4.79 Å². The number of anilines is 1. The van der Waals surface area contributed by atoms with E-state index < -0.39 is 0 Å². The van der Waals surface area contributed by atoms with E-state index in [1.165, 1.54) is 5.56 Å². The van der Waals surface area contributed by atoms with E-state index >= 15 is 0 Å². The normalized spacial score (nSPS) is 18.2. The molecule has 1 aromatic carbocycles. The molecule has 134 valence electrons. The van der Waals surface area contributed by atoms with Gasteiger partial charge in [-0.15, -0.1) is 5.10 Å². The highest BCUT2D eigenvalue weighted by atomic mass is 16.2. The Morgan fingerprint density at radius 1 is 1.20 bits per heavy atom. The molecule has 1 aliphatic rings. The van der Waals surface area contributed by atoms with Crippen molar-refractivity contribution in [3.8, 4) is 0 Å². The Labute approximate surface area is 149 Å². The van der Waals surface area contributed by atoms with Gasteiger partial charge >= 0.3 is 6.03 Å². The Bertz CT molecular complexity index is 710. The van der Waals surface area contributed by atoms with Gasteiger partial charge in [-0.1, -0.05) is 30.3 Å². The maximum absolute atomic E-state index is 12.6. The SMILES string of the molecule is Cc1nc(NC(=O)N2CCC[C@@H](c3ccccc3)CC2)nn1C(C)C. The number of benzene rings is 1. The number of rotatable bonds is 3. The van der Waals surface area contributed by atoms with Crippen molar-refractivity contribution in [3.63, 3.8) is 0 Å². The lowest BCUT2D eigenvalue weighted by molar-refractivity contribution is 0.213. The molecule has 0 aliphatic carbocycles. The fourth-order valence-corrected chi connectivity index (χ4v) is 3.48. The first-order valence-electron chi connectivity index (χ1n) is 9.08. The molecule has 1 fully saturated rings. The molecule has 1 aromatic heterocycles. The lowest BCUT2D eigenvalue weighted by atomic mass is 9.92. The van der Waals surface area contributed by atoms with E-state index in [4.69, 9.17) is 0 Å². The Balaban J connectivity index is 1.60. The van der Waals surface area contributed by atoms with Gasteiger partial charge in [0.1, 0.15) is 5.82 Å². The van der Waals surface area contributed by atoms with Gasteiger partial charge in [0, 0.05) is 19.1 Å². The van der Waals surface area contributed by atoms with Crippen molar-refractivity contribution in [1.82, 2.24) is 19.7 Å². The van der Waals surface area contributed by atoms with E-state index in [1.54, 1.807) is 0 Å².